The third kappa shape index (κ3) is 8.66. The van der Waals surface area contributed by atoms with Gasteiger partial charge in [-0.3, -0.25) is 14.4 Å². The van der Waals surface area contributed by atoms with Gasteiger partial charge in [0, 0.05) is 36.8 Å². The molecule has 266 valence electrons. The molecule has 1 saturated heterocycles. The van der Waals surface area contributed by atoms with Gasteiger partial charge in [0.1, 0.15) is 28.1 Å². The molecular formula is C34H45ClN6O7S. The molecule has 2 aromatic carbocycles. The van der Waals surface area contributed by atoms with Crippen LogP contribution >= 0.6 is 11.6 Å². The fourth-order valence-corrected chi connectivity index (χ4v) is 7.19. The molecule has 1 saturated carbocycles. The Morgan fingerprint density at radius 2 is 1.71 bits per heavy atom. The van der Waals surface area contributed by atoms with E-state index in [1.165, 1.54) is 23.1 Å². The number of hydrogen-bond acceptors (Lipinski definition) is 9. The number of nitrogens with zero attached hydrogens (tertiary/aromatic N) is 2. The van der Waals surface area contributed by atoms with Crippen LogP contribution in [-0.4, -0.2) is 87.0 Å². The molecule has 0 spiro atoms. The molecule has 1 aliphatic carbocycles. The summed E-state index contributed by atoms with van der Waals surface area (Å²) in [6, 6.07) is 11.1. The number of para-hydroxylation sites is 1. The van der Waals surface area contributed by atoms with Crippen LogP contribution in [-0.2, 0) is 29.1 Å². The largest absolute Gasteiger partial charge is 0.444 e. The maximum Gasteiger partial charge on any atom is 0.408 e. The number of hydrogen-bond donors (Lipinski definition) is 4. The maximum atomic E-state index is 14.2. The fourth-order valence-electron chi connectivity index (χ4n) is 5.81. The van der Waals surface area contributed by atoms with E-state index in [0.717, 1.165) is 0 Å². The number of anilines is 2. The van der Waals surface area contributed by atoms with Crippen LogP contribution in [0, 0.1) is 11.8 Å². The molecule has 2 aromatic rings. The van der Waals surface area contributed by atoms with Crippen molar-refractivity contribution in [1.82, 2.24) is 20.3 Å². The summed E-state index contributed by atoms with van der Waals surface area (Å²) < 4.78 is 34.2. The number of amides is 4. The lowest BCUT2D eigenvalue weighted by Crippen LogP contribution is -2.65. The molecule has 15 heteroatoms. The summed E-state index contributed by atoms with van der Waals surface area (Å²) in [5.74, 6) is -2.74. The van der Waals surface area contributed by atoms with Gasteiger partial charge in [-0.2, -0.15) is 0 Å². The minimum Gasteiger partial charge on any atom is -0.444 e. The van der Waals surface area contributed by atoms with E-state index >= 15 is 0 Å². The number of sulfonamides is 1. The highest BCUT2D eigenvalue weighted by atomic mass is 35.5. The van der Waals surface area contributed by atoms with E-state index in [-0.39, 0.29) is 36.9 Å². The Morgan fingerprint density at radius 1 is 1.06 bits per heavy atom. The lowest BCUT2D eigenvalue weighted by Gasteiger charge is -2.43. The molecule has 4 amide bonds. The van der Waals surface area contributed by atoms with Crippen molar-refractivity contribution in [2.75, 3.05) is 36.9 Å². The molecule has 4 rings (SSSR count). The van der Waals surface area contributed by atoms with E-state index in [2.05, 4.69) is 27.3 Å². The van der Waals surface area contributed by atoms with Gasteiger partial charge >= 0.3 is 6.09 Å². The highest BCUT2D eigenvalue weighted by Crippen LogP contribution is 2.45. The first-order valence-corrected chi connectivity index (χ1v) is 17.9. The van der Waals surface area contributed by atoms with Crippen LogP contribution in [0.4, 0.5) is 16.2 Å². The minimum absolute atomic E-state index is 0.0865. The van der Waals surface area contributed by atoms with Gasteiger partial charge in [0.2, 0.25) is 11.8 Å². The number of ether oxygens (including phenoxy) is 1. The molecule has 1 aliphatic heterocycles. The smallest absolute Gasteiger partial charge is 0.408 e. The monoisotopic (exact) mass is 716 g/mol. The lowest BCUT2D eigenvalue weighted by atomic mass is 10.0. The molecule has 0 unspecified atom stereocenters. The number of halogens is 1. The highest BCUT2D eigenvalue weighted by Gasteiger charge is 2.61. The zero-order valence-corrected chi connectivity index (χ0v) is 30.2. The van der Waals surface area contributed by atoms with Crippen LogP contribution in [0.3, 0.4) is 0 Å². The molecule has 49 heavy (non-hydrogen) atoms. The van der Waals surface area contributed by atoms with Crippen LogP contribution in [0.15, 0.2) is 66.1 Å². The molecule has 0 bridgehead atoms. The Kier molecular flexibility index (Phi) is 11.2. The highest BCUT2D eigenvalue weighted by molar-refractivity contribution is 7.90. The number of benzene rings is 2. The van der Waals surface area contributed by atoms with E-state index in [9.17, 15) is 27.6 Å². The van der Waals surface area contributed by atoms with Gasteiger partial charge in [0.05, 0.1) is 12.2 Å². The molecule has 13 nitrogen and oxygen atoms in total. The van der Waals surface area contributed by atoms with Crippen LogP contribution in [0.2, 0.25) is 5.02 Å². The average Bonchev–Trinajstić information content (AvgIpc) is 3.76. The minimum atomic E-state index is -4.32. The maximum absolute atomic E-state index is 14.2. The second-order valence-corrected chi connectivity index (χ2v) is 15.6. The van der Waals surface area contributed by atoms with E-state index in [1.807, 2.05) is 0 Å². The Labute approximate surface area is 292 Å². The molecule has 4 N–H and O–H groups in total. The third-order valence-corrected chi connectivity index (χ3v) is 10.1. The van der Waals surface area contributed by atoms with Gasteiger partial charge in [0.15, 0.2) is 0 Å². The van der Waals surface area contributed by atoms with Crippen molar-refractivity contribution >= 4 is 56.8 Å². The van der Waals surface area contributed by atoms with E-state index in [4.69, 9.17) is 16.3 Å². The molecule has 0 aromatic heterocycles. The first-order valence-electron chi connectivity index (χ1n) is 16.0. The topological polar surface area (TPSA) is 166 Å². The number of rotatable bonds is 11. The summed E-state index contributed by atoms with van der Waals surface area (Å²) >= 11 is 6.14. The lowest BCUT2D eigenvalue weighted by molar-refractivity contribution is -0.137. The number of piperazine rings is 1. The van der Waals surface area contributed by atoms with E-state index in [1.54, 1.807) is 83.0 Å². The molecule has 2 fully saturated rings. The zero-order chi connectivity index (χ0) is 36.3. The molecule has 2 aliphatic rings. The van der Waals surface area contributed by atoms with Crippen molar-refractivity contribution in [2.24, 2.45) is 11.8 Å². The zero-order valence-electron chi connectivity index (χ0n) is 28.6. The predicted molar refractivity (Wildman–Crippen MR) is 188 cm³/mol. The molecule has 0 radical (unpaired) electrons. The Bertz CT molecular complexity index is 1700. The normalized spacial score (nSPS) is 21.3. The van der Waals surface area contributed by atoms with Crippen LogP contribution in [0.25, 0.3) is 0 Å². The first-order chi connectivity index (χ1) is 22.9. The van der Waals surface area contributed by atoms with Gasteiger partial charge in [-0.05, 0) is 69.5 Å². The summed E-state index contributed by atoms with van der Waals surface area (Å²) in [7, 11) is -2.76. The number of carbonyl (C=O) groups excluding carboxylic acids is 4. The number of nitrogens with one attached hydrogen (secondary N) is 4. The van der Waals surface area contributed by atoms with Gasteiger partial charge in [-0.1, -0.05) is 43.7 Å². The summed E-state index contributed by atoms with van der Waals surface area (Å²) in [6.07, 6.45) is 0.887. The predicted octanol–water partition coefficient (Wildman–Crippen LogP) is 3.51. The van der Waals surface area contributed by atoms with Crippen LogP contribution in [0.5, 0.6) is 0 Å². The van der Waals surface area contributed by atoms with Crippen molar-refractivity contribution in [1.29, 1.82) is 0 Å². The Balaban J connectivity index is 1.61. The standard InChI is InChI=1S/C34H45ClN6O7S/c1-8-22-19-34(22,31(44)39-49(46,47)27-12-10-9-11-25(27)36-7)38-29(42)26-20-40(17-18-41(26)24-15-13-23(35)14-16-24)30(43)28(21(2)3)37-32(45)48-33(4,5)6/h8-16,21-22,26,28,36H,1,17-20H2,2-7H3,(H,37,45)(H,38,42)(H,39,44)/t22-,26-,28+,34-/m1/s1. The van der Waals surface area contributed by atoms with E-state index in [0.29, 0.717) is 16.4 Å². The number of carbonyl (C=O) groups is 4. The second kappa shape index (κ2) is 14.7. The molecular weight excluding hydrogens is 672 g/mol. The quantitative estimate of drug-likeness (QED) is 0.255. The molecule has 1 heterocycles. The first kappa shape index (κ1) is 37.5. The van der Waals surface area contributed by atoms with Crippen molar-refractivity contribution in [3.05, 3.63) is 66.2 Å². The number of alkyl carbamates (subject to hydrolysis) is 1. The molecule has 4 atom stereocenters. The second-order valence-electron chi connectivity index (χ2n) is 13.5. The van der Waals surface area contributed by atoms with Gasteiger partial charge in [0.25, 0.3) is 15.9 Å². The average molecular weight is 717 g/mol. The van der Waals surface area contributed by atoms with Crippen molar-refractivity contribution in [3.63, 3.8) is 0 Å². The Hall–Kier alpha value is -4.30. The van der Waals surface area contributed by atoms with Crippen LogP contribution in [0.1, 0.15) is 41.0 Å². The van der Waals surface area contributed by atoms with Crippen molar-refractivity contribution < 1.29 is 32.3 Å². The summed E-state index contributed by atoms with van der Waals surface area (Å²) in [6.45, 7) is 12.9. The Morgan fingerprint density at radius 3 is 2.29 bits per heavy atom. The van der Waals surface area contributed by atoms with E-state index < -0.39 is 63.0 Å². The fraction of sp³-hybridized carbons (Fsp3) is 0.471. The SMILES string of the molecule is C=C[C@@H]1C[C@]1(NC(=O)[C@H]1CN(C(=O)[C@@H](NC(=O)OC(C)(C)C)C(C)C)CCN1c1ccc(Cl)cc1)C(=O)NS(=O)(=O)c1ccccc1NC. The third-order valence-electron chi connectivity index (χ3n) is 8.48. The van der Waals surface area contributed by atoms with Gasteiger partial charge in [-0.25, -0.2) is 17.9 Å². The van der Waals surface area contributed by atoms with Crippen molar-refractivity contribution in [2.45, 2.75) is 69.2 Å². The van der Waals surface area contributed by atoms with Crippen molar-refractivity contribution in [3.8, 4) is 0 Å². The summed E-state index contributed by atoms with van der Waals surface area (Å²) in [5.41, 5.74) is -1.41. The summed E-state index contributed by atoms with van der Waals surface area (Å²) in [5, 5.41) is 8.80. The van der Waals surface area contributed by atoms with Gasteiger partial charge < -0.3 is 30.5 Å². The van der Waals surface area contributed by atoms with Crippen LogP contribution < -0.4 is 25.6 Å². The summed E-state index contributed by atoms with van der Waals surface area (Å²) in [4.78, 5) is 57.6. The van der Waals surface area contributed by atoms with Gasteiger partial charge in [-0.15, -0.1) is 6.58 Å².